The molecule has 0 radical (unpaired) electrons. The van der Waals surface area contributed by atoms with E-state index in [-0.39, 0.29) is 5.95 Å². The molecule has 0 saturated carbocycles. The van der Waals surface area contributed by atoms with Crippen LogP contribution in [0.5, 0.6) is 0 Å². The van der Waals surface area contributed by atoms with Crippen molar-refractivity contribution in [1.82, 2.24) is 24.3 Å². The van der Waals surface area contributed by atoms with Crippen LogP contribution >= 0.6 is 15.9 Å². The van der Waals surface area contributed by atoms with E-state index in [4.69, 9.17) is 5.73 Å². The molecule has 0 atom stereocenters. The highest BCUT2D eigenvalue weighted by Gasteiger charge is 2.20. The van der Waals surface area contributed by atoms with Gasteiger partial charge >= 0.3 is 0 Å². The molecule has 6 nitrogen and oxygen atoms in total. The van der Waals surface area contributed by atoms with Crippen LogP contribution in [0.2, 0.25) is 0 Å². The van der Waals surface area contributed by atoms with Gasteiger partial charge < -0.3 is 14.9 Å². The number of nitrogens with zero attached hydrogens (tertiary/aromatic N) is 5. The summed E-state index contributed by atoms with van der Waals surface area (Å²) in [5, 5.41) is 10.7. The summed E-state index contributed by atoms with van der Waals surface area (Å²) >= 11 is 3.58. The highest BCUT2D eigenvalue weighted by molar-refractivity contribution is 9.10. The molecule has 3 heterocycles. The Balaban J connectivity index is 1.86. The number of aromatic nitrogens is 5. The first-order chi connectivity index (χ1) is 13.5. The van der Waals surface area contributed by atoms with Crippen molar-refractivity contribution in [2.75, 3.05) is 5.73 Å². The van der Waals surface area contributed by atoms with E-state index >= 15 is 0 Å². The summed E-state index contributed by atoms with van der Waals surface area (Å²) in [6.45, 7) is 0. The number of nitrogens with two attached hydrogens (primary N) is 1. The minimum atomic E-state index is 0.158. The van der Waals surface area contributed by atoms with E-state index in [9.17, 15) is 0 Å². The fraction of sp³-hybridized carbons (Fsp3) is 0.0952. The molecule has 5 aromatic rings. The van der Waals surface area contributed by atoms with Crippen LogP contribution in [-0.4, -0.2) is 24.3 Å². The molecule has 0 spiro atoms. The maximum absolute atomic E-state index is 5.94. The maximum Gasteiger partial charge on any atom is 0.240 e. The predicted octanol–water partition coefficient (Wildman–Crippen LogP) is 4.53. The lowest BCUT2D eigenvalue weighted by Gasteiger charge is -2.07. The Bertz CT molecular complexity index is 1360. The van der Waals surface area contributed by atoms with Gasteiger partial charge in [-0.05, 0) is 24.3 Å². The number of halogens is 1. The van der Waals surface area contributed by atoms with Gasteiger partial charge in [-0.15, -0.1) is 10.2 Å². The summed E-state index contributed by atoms with van der Waals surface area (Å²) in [5.41, 5.74) is 11.6. The second-order valence-corrected chi connectivity index (χ2v) is 7.77. The Morgan fingerprint density at radius 2 is 1.50 bits per heavy atom. The van der Waals surface area contributed by atoms with Gasteiger partial charge in [0, 0.05) is 63.9 Å². The smallest absolute Gasteiger partial charge is 0.240 e. The molecule has 138 valence electrons. The third kappa shape index (κ3) is 2.51. The van der Waals surface area contributed by atoms with Crippen LogP contribution in [-0.2, 0) is 14.1 Å². The van der Waals surface area contributed by atoms with E-state index in [1.54, 1.807) is 0 Å². The first-order valence-electron chi connectivity index (χ1n) is 8.82. The zero-order valence-corrected chi connectivity index (χ0v) is 17.0. The number of benzene rings is 2. The fourth-order valence-corrected chi connectivity index (χ4v) is 4.15. The number of nitrogen functional groups attached to an aromatic ring is 1. The van der Waals surface area contributed by atoms with Crippen molar-refractivity contribution < 1.29 is 0 Å². The summed E-state index contributed by atoms with van der Waals surface area (Å²) in [4.78, 5) is 4.60. The van der Waals surface area contributed by atoms with Gasteiger partial charge in [-0.1, -0.05) is 34.1 Å². The standard InChI is InChI=1S/C21H17BrN6/c1-27-10-15(13-5-3-4-6-17(13)27)20-19(24-21(23)26-25-20)16-11-28(2)18-8-7-12(22)9-14(16)18/h3-11H,1-2H3,(H2,23,24,26). The molecule has 28 heavy (non-hydrogen) atoms. The van der Waals surface area contributed by atoms with Gasteiger partial charge in [0.25, 0.3) is 0 Å². The van der Waals surface area contributed by atoms with Crippen molar-refractivity contribution in [1.29, 1.82) is 0 Å². The summed E-state index contributed by atoms with van der Waals surface area (Å²) in [6, 6.07) is 14.4. The summed E-state index contributed by atoms with van der Waals surface area (Å²) in [7, 11) is 4.05. The van der Waals surface area contributed by atoms with Crippen molar-refractivity contribution in [3.63, 3.8) is 0 Å². The number of para-hydroxylation sites is 1. The van der Waals surface area contributed by atoms with Crippen molar-refractivity contribution in [2.45, 2.75) is 0 Å². The zero-order valence-electron chi connectivity index (χ0n) is 15.4. The van der Waals surface area contributed by atoms with E-state index in [1.165, 1.54) is 0 Å². The van der Waals surface area contributed by atoms with Crippen LogP contribution < -0.4 is 5.73 Å². The maximum atomic E-state index is 5.94. The Hall–Kier alpha value is -3.19. The van der Waals surface area contributed by atoms with Gasteiger partial charge in [0.15, 0.2) is 0 Å². The molecule has 0 unspecified atom stereocenters. The normalized spacial score (nSPS) is 11.5. The number of hydrogen-bond donors (Lipinski definition) is 1. The predicted molar refractivity (Wildman–Crippen MR) is 116 cm³/mol. The summed E-state index contributed by atoms with van der Waals surface area (Å²) in [5.74, 6) is 0.158. The Kier molecular flexibility index (Phi) is 3.73. The second-order valence-electron chi connectivity index (χ2n) is 6.85. The second kappa shape index (κ2) is 6.17. The molecule has 0 saturated heterocycles. The fourth-order valence-electron chi connectivity index (χ4n) is 3.79. The van der Waals surface area contributed by atoms with Crippen molar-refractivity contribution >= 4 is 43.7 Å². The van der Waals surface area contributed by atoms with Crippen LogP contribution in [0.3, 0.4) is 0 Å². The molecule has 0 aliphatic rings. The quantitative estimate of drug-likeness (QED) is 0.444. The molecule has 2 N–H and O–H groups in total. The molecule has 0 fully saturated rings. The van der Waals surface area contributed by atoms with Crippen molar-refractivity contribution in [2.24, 2.45) is 14.1 Å². The molecule has 0 aliphatic carbocycles. The van der Waals surface area contributed by atoms with Crippen LogP contribution in [0.1, 0.15) is 0 Å². The van der Waals surface area contributed by atoms with Gasteiger partial charge in [0.1, 0.15) is 11.4 Å². The molecule has 0 amide bonds. The average molecular weight is 433 g/mol. The summed E-state index contributed by atoms with van der Waals surface area (Å²) in [6.07, 6.45) is 4.13. The summed E-state index contributed by atoms with van der Waals surface area (Å²) < 4.78 is 5.18. The van der Waals surface area contributed by atoms with Crippen molar-refractivity contribution in [3.8, 4) is 22.5 Å². The monoisotopic (exact) mass is 432 g/mol. The third-order valence-corrected chi connectivity index (χ3v) is 5.56. The lowest BCUT2D eigenvalue weighted by atomic mass is 10.0. The van der Waals surface area contributed by atoms with Crippen LogP contribution in [0.15, 0.2) is 59.3 Å². The molecular formula is C21H17BrN6. The Morgan fingerprint density at radius 3 is 2.29 bits per heavy atom. The number of anilines is 1. The molecular weight excluding hydrogens is 416 g/mol. The number of aryl methyl sites for hydroxylation is 2. The van der Waals surface area contributed by atoms with Gasteiger partial charge in [0.05, 0.1) is 0 Å². The van der Waals surface area contributed by atoms with Gasteiger partial charge in [-0.2, -0.15) is 0 Å². The first-order valence-corrected chi connectivity index (χ1v) is 9.62. The third-order valence-electron chi connectivity index (χ3n) is 5.06. The first kappa shape index (κ1) is 16.9. The largest absolute Gasteiger partial charge is 0.366 e. The number of hydrogen-bond acceptors (Lipinski definition) is 4. The minimum absolute atomic E-state index is 0.158. The van der Waals surface area contributed by atoms with Gasteiger partial charge in [-0.25, -0.2) is 4.98 Å². The Labute approximate surface area is 169 Å². The van der Waals surface area contributed by atoms with E-state index in [2.05, 4.69) is 76.9 Å². The van der Waals surface area contributed by atoms with E-state index < -0.39 is 0 Å². The highest BCUT2D eigenvalue weighted by Crippen LogP contribution is 2.38. The topological polar surface area (TPSA) is 74.6 Å². The molecule has 0 aliphatic heterocycles. The molecule has 0 bridgehead atoms. The van der Waals surface area contributed by atoms with E-state index in [1.807, 2.05) is 32.3 Å². The van der Waals surface area contributed by atoms with Crippen molar-refractivity contribution in [3.05, 3.63) is 59.3 Å². The zero-order chi connectivity index (χ0) is 19.4. The molecule has 2 aromatic carbocycles. The van der Waals surface area contributed by atoms with Crippen LogP contribution in [0, 0.1) is 0 Å². The van der Waals surface area contributed by atoms with Crippen LogP contribution in [0.4, 0.5) is 5.95 Å². The SMILES string of the molecule is Cn1cc(-c2nnc(N)nc2-c2cn(C)c3ccc(Br)cc23)c2ccccc21. The van der Waals surface area contributed by atoms with Crippen LogP contribution in [0.25, 0.3) is 44.3 Å². The van der Waals surface area contributed by atoms with Gasteiger partial charge in [-0.3, -0.25) is 0 Å². The van der Waals surface area contributed by atoms with Gasteiger partial charge in [0.2, 0.25) is 5.95 Å². The number of rotatable bonds is 2. The van der Waals surface area contributed by atoms with E-state index in [0.717, 1.165) is 48.8 Å². The molecule has 7 heteroatoms. The average Bonchev–Trinajstić information content (AvgIpc) is 3.19. The lowest BCUT2D eigenvalue weighted by molar-refractivity contribution is 0.959. The highest BCUT2D eigenvalue weighted by atomic mass is 79.9. The molecule has 3 aromatic heterocycles. The molecule has 5 rings (SSSR count). The lowest BCUT2D eigenvalue weighted by Crippen LogP contribution is -2.02. The minimum Gasteiger partial charge on any atom is -0.366 e. The number of fused-ring (bicyclic) bond motifs is 2. The van der Waals surface area contributed by atoms with E-state index in [0.29, 0.717) is 0 Å². The Morgan fingerprint density at radius 1 is 0.821 bits per heavy atom.